The quantitative estimate of drug-likeness (QED) is 0.909. The van der Waals surface area contributed by atoms with Crippen molar-refractivity contribution in [3.05, 3.63) is 63.6 Å². The lowest BCUT2D eigenvalue weighted by Crippen LogP contribution is -2.17. The molecular formula is C16H16Cl2N2O. The number of anilines is 1. The largest absolute Gasteiger partial charge is 0.322 e. The second-order valence-corrected chi connectivity index (χ2v) is 5.74. The van der Waals surface area contributed by atoms with Gasteiger partial charge in [0.25, 0.3) is 5.91 Å². The molecule has 2 rings (SSSR count). The minimum Gasteiger partial charge on any atom is -0.322 e. The van der Waals surface area contributed by atoms with Crippen LogP contribution in [0.3, 0.4) is 0 Å². The molecular weight excluding hydrogens is 307 g/mol. The van der Waals surface area contributed by atoms with Gasteiger partial charge in [-0.15, -0.1) is 0 Å². The van der Waals surface area contributed by atoms with Gasteiger partial charge in [-0.1, -0.05) is 47.5 Å². The number of rotatable bonds is 4. The molecule has 21 heavy (non-hydrogen) atoms. The summed E-state index contributed by atoms with van der Waals surface area (Å²) in [6.45, 7) is 0.736. The van der Waals surface area contributed by atoms with Gasteiger partial charge in [-0.2, -0.15) is 0 Å². The van der Waals surface area contributed by atoms with E-state index in [-0.39, 0.29) is 10.9 Å². The van der Waals surface area contributed by atoms with Gasteiger partial charge in [0, 0.05) is 12.2 Å². The predicted octanol–water partition coefficient (Wildman–Crippen LogP) is 4.31. The lowest BCUT2D eigenvalue weighted by molar-refractivity contribution is 0.102. The molecule has 0 spiro atoms. The summed E-state index contributed by atoms with van der Waals surface area (Å²) in [5, 5.41) is 3.52. The fourth-order valence-electron chi connectivity index (χ4n) is 1.99. The van der Waals surface area contributed by atoms with Gasteiger partial charge in [-0.3, -0.25) is 4.79 Å². The van der Waals surface area contributed by atoms with Gasteiger partial charge in [-0.25, -0.2) is 0 Å². The summed E-state index contributed by atoms with van der Waals surface area (Å²) in [6, 6.07) is 12.7. The molecule has 0 heterocycles. The maximum atomic E-state index is 12.4. The zero-order valence-corrected chi connectivity index (χ0v) is 13.4. The molecule has 0 aliphatic carbocycles. The third-order valence-electron chi connectivity index (χ3n) is 2.95. The van der Waals surface area contributed by atoms with E-state index in [1.54, 1.807) is 18.2 Å². The highest BCUT2D eigenvalue weighted by Gasteiger charge is 2.14. The number of halogens is 2. The van der Waals surface area contributed by atoms with Crippen LogP contribution in [0.1, 0.15) is 15.9 Å². The normalized spacial score (nSPS) is 10.7. The fourth-order valence-corrected chi connectivity index (χ4v) is 2.38. The predicted molar refractivity (Wildman–Crippen MR) is 88.2 cm³/mol. The number of carbonyl (C=O) groups is 1. The molecule has 0 saturated carbocycles. The standard InChI is InChI=1S/C16H16Cl2N2O/c1-20(2)10-11-6-3-4-9-14(11)19-16(21)12-7-5-8-13(17)15(12)18/h3-9H,10H2,1-2H3,(H,19,21). The highest BCUT2D eigenvalue weighted by Crippen LogP contribution is 2.26. The van der Waals surface area contributed by atoms with E-state index in [2.05, 4.69) is 5.32 Å². The first-order valence-electron chi connectivity index (χ1n) is 6.47. The number of nitrogens with one attached hydrogen (secondary N) is 1. The zero-order chi connectivity index (χ0) is 15.4. The Morgan fingerprint density at radius 2 is 1.81 bits per heavy atom. The number of nitrogens with zero attached hydrogens (tertiary/aromatic N) is 1. The Hall–Kier alpha value is -1.55. The molecule has 0 aliphatic rings. The van der Waals surface area contributed by atoms with Gasteiger partial charge in [0.15, 0.2) is 0 Å². The Kier molecular flexibility index (Phi) is 5.23. The van der Waals surface area contributed by atoms with E-state index in [4.69, 9.17) is 23.2 Å². The van der Waals surface area contributed by atoms with Crippen LogP contribution in [-0.2, 0) is 6.54 Å². The lowest BCUT2D eigenvalue weighted by atomic mass is 10.1. The van der Waals surface area contributed by atoms with Gasteiger partial charge < -0.3 is 10.2 Å². The molecule has 0 aromatic heterocycles. The Morgan fingerprint density at radius 3 is 2.52 bits per heavy atom. The summed E-state index contributed by atoms with van der Waals surface area (Å²) in [5.74, 6) is -0.270. The second kappa shape index (κ2) is 6.94. The maximum Gasteiger partial charge on any atom is 0.257 e. The van der Waals surface area contributed by atoms with Crippen molar-refractivity contribution in [3.8, 4) is 0 Å². The third kappa shape index (κ3) is 3.97. The van der Waals surface area contributed by atoms with E-state index in [0.29, 0.717) is 10.6 Å². The highest BCUT2D eigenvalue weighted by molar-refractivity contribution is 6.44. The molecule has 1 N–H and O–H groups in total. The van der Waals surface area contributed by atoms with Crippen molar-refractivity contribution < 1.29 is 4.79 Å². The van der Waals surface area contributed by atoms with E-state index < -0.39 is 0 Å². The summed E-state index contributed by atoms with van der Waals surface area (Å²) >= 11 is 12.0. The topological polar surface area (TPSA) is 32.3 Å². The maximum absolute atomic E-state index is 12.4. The average molecular weight is 323 g/mol. The smallest absolute Gasteiger partial charge is 0.257 e. The molecule has 1 amide bonds. The summed E-state index contributed by atoms with van der Waals surface area (Å²) in [5.41, 5.74) is 2.17. The number of hydrogen-bond acceptors (Lipinski definition) is 2. The minimum atomic E-state index is -0.270. The molecule has 0 saturated heterocycles. The fraction of sp³-hybridized carbons (Fsp3) is 0.188. The number of amides is 1. The Balaban J connectivity index is 2.26. The van der Waals surface area contributed by atoms with Crippen LogP contribution in [0.25, 0.3) is 0 Å². The van der Waals surface area contributed by atoms with Crippen molar-refractivity contribution in [1.82, 2.24) is 4.90 Å². The summed E-state index contributed by atoms with van der Waals surface area (Å²) in [4.78, 5) is 14.4. The number of para-hydroxylation sites is 1. The second-order valence-electron chi connectivity index (χ2n) is 4.95. The lowest BCUT2D eigenvalue weighted by Gasteiger charge is -2.15. The van der Waals surface area contributed by atoms with Crippen LogP contribution < -0.4 is 5.32 Å². The molecule has 2 aromatic carbocycles. The van der Waals surface area contributed by atoms with Crippen LogP contribution in [0.4, 0.5) is 5.69 Å². The monoisotopic (exact) mass is 322 g/mol. The number of carbonyl (C=O) groups excluding carboxylic acids is 1. The van der Waals surface area contributed by atoms with Crippen molar-refractivity contribution >= 4 is 34.8 Å². The molecule has 0 fully saturated rings. The first kappa shape index (κ1) is 15.8. The van der Waals surface area contributed by atoms with Gasteiger partial charge in [-0.05, 0) is 37.9 Å². The average Bonchev–Trinajstić information content (AvgIpc) is 2.43. The van der Waals surface area contributed by atoms with E-state index in [0.717, 1.165) is 17.8 Å². The first-order chi connectivity index (χ1) is 9.99. The molecule has 0 radical (unpaired) electrons. The van der Waals surface area contributed by atoms with Crippen LogP contribution in [0.15, 0.2) is 42.5 Å². The molecule has 2 aromatic rings. The van der Waals surface area contributed by atoms with E-state index >= 15 is 0 Å². The zero-order valence-electron chi connectivity index (χ0n) is 11.9. The Labute approximate surface area is 134 Å². The number of hydrogen-bond donors (Lipinski definition) is 1. The summed E-state index contributed by atoms with van der Waals surface area (Å²) < 4.78 is 0. The van der Waals surface area contributed by atoms with Crippen molar-refractivity contribution in [2.24, 2.45) is 0 Å². The summed E-state index contributed by atoms with van der Waals surface area (Å²) in [7, 11) is 3.96. The minimum absolute atomic E-state index is 0.266. The molecule has 0 bridgehead atoms. The van der Waals surface area contributed by atoms with E-state index in [1.807, 2.05) is 43.3 Å². The van der Waals surface area contributed by atoms with E-state index in [9.17, 15) is 4.79 Å². The summed E-state index contributed by atoms with van der Waals surface area (Å²) in [6.07, 6.45) is 0. The van der Waals surface area contributed by atoms with Gasteiger partial charge in [0.05, 0.1) is 15.6 Å². The molecule has 110 valence electrons. The van der Waals surface area contributed by atoms with Gasteiger partial charge in [0.2, 0.25) is 0 Å². The SMILES string of the molecule is CN(C)Cc1ccccc1NC(=O)c1cccc(Cl)c1Cl. The van der Waals surface area contributed by atoms with Crippen LogP contribution in [0, 0.1) is 0 Å². The van der Waals surface area contributed by atoms with E-state index in [1.165, 1.54) is 0 Å². The van der Waals surface area contributed by atoms with Crippen LogP contribution in [0.5, 0.6) is 0 Å². The Morgan fingerprint density at radius 1 is 1.10 bits per heavy atom. The van der Waals surface area contributed by atoms with Crippen LogP contribution in [-0.4, -0.2) is 24.9 Å². The molecule has 5 heteroatoms. The van der Waals surface area contributed by atoms with Crippen molar-refractivity contribution in [2.45, 2.75) is 6.54 Å². The van der Waals surface area contributed by atoms with Crippen molar-refractivity contribution in [1.29, 1.82) is 0 Å². The molecule has 3 nitrogen and oxygen atoms in total. The third-order valence-corrected chi connectivity index (χ3v) is 3.77. The van der Waals surface area contributed by atoms with Gasteiger partial charge in [0.1, 0.15) is 0 Å². The first-order valence-corrected chi connectivity index (χ1v) is 7.22. The molecule has 0 atom stereocenters. The molecule has 0 aliphatic heterocycles. The van der Waals surface area contributed by atoms with Crippen LogP contribution in [0.2, 0.25) is 10.0 Å². The molecule has 0 unspecified atom stereocenters. The Bertz CT molecular complexity index is 656. The highest BCUT2D eigenvalue weighted by atomic mass is 35.5. The van der Waals surface area contributed by atoms with Crippen LogP contribution >= 0.6 is 23.2 Å². The van der Waals surface area contributed by atoms with Gasteiger partial charge >= 0.3 is 0 Å². The number of benzene rings is 2. The van der Waals surface area contributed by atoms with Crippen molar-refractivity contribution in [3.63, 3.8) is 0 Å². The van der Waals surface area contributed by atoms with Crippen molar-refractivity contribution in [2.75, 3.05) is 19.4 Å².